The quantitative estimate of drug-likeness (QED) is 0.794. The van der Waals surface area contributed by atoms with Crippen LogP contribution >= 0.6 is 0 Å². The van der Waals surface area contributed by atoms with Crippen molar-refractivity contribution in [1.82, 2.24) is 14.5 Å². The minimum Gasteiger partial charge on any atom is -0.380 e. The van der Waals surface area contributed by atoms with Gasteiger partial charge in [-0.25, -0.2) is 9.97 Å². The third kappa shape index (κ3) is 3.28. The summed E-state index contributed by atoms with van der Waals surface area (Å²) in [6.45, 7) is 5.05. The van der Waals surface area contributed by atoms with Gasteiger partial charge < -0.3 is 5.32 Å². The summed E-state index contributed by atoms with van der Waals surface area (Å²) >= 11 is 0. The van der Waals surface area contributed by atoms with Gasteiger partial charge in [-0.1, -0.05) is 29.3 Å². The molecule has 0 atom stereocenters. The van der Waals surface area contributed by atoms with Gasteiger partial charge in [0.1, 0.15) is 12.1 Å². The Bertz CT molecular complexity index is 695. The number of aromatic nitrogens is 3. The van der Waals surface area contributed by atoms with Gasteiger partial charge in [0.2, 0.25) is 0 Å². The van der Waals surface area contributed by atoms with Gasteiger partial charge >= 0.3 is 0 Å². The van der Waals surface area contributed by atoms with Gasteiger partial charge in [0.15, 0.2) is 0 Å². The number of imidazole rings is 1. The molecule has 1 N–H and O–H groups in total. The van der Waals surface area contributed by atoms with E-state index in [0.717, 1.165) is 18.1 Å². The number of hydrogen-bond acceptors (Lipinski definition) is 3. The van der Waals surface area contributed by atoms with Gasteiger partial charge in [-0.2, -0.15) is 0 Å². The van der Waals surface area contributed by atoms with Crippen molar-refractivity contribution < 1.29 is 0 Å². The van der Waals surface area contributed by atoms with E-state index in [1.54, 1.807) is 12.5 Å². The highest BCUT2D eigenvalue weighted by Gasteiger charge is 1.99. The summed E-state index contributed by atoms with van der Waals surface area (Å²) < 4.78 is 1.88. The van der Waals surface area contributed by atoms with Gasteiger partial charge in [-0.3, -0.25) is 4.57 Å². The lowest BCUT2D eigenvalue weighted by Crippen LogP contribution is -2.01. The summed E-state index contributed by atoms with van der Waals surface area (Å²) in [5.74, 6) is 0.865. The van der Waals surface area contributed by atoms with Crippen LogP contribution in [0.15, 0.2) is 55.2 Å². The van der Waals surface area contributed by atoms with Crippen molar-refractivity contribution in [2.24, 2.45) is 0 Å². The summed E-state index contributed by atoms with van der Waals surface area (Å²) in [5, 5.41) is 3.40. The van der Waals surface area contributed by atoms with E-state index in [9.17, 15) is 0 Å². The first-order valence-corrected chi connectivity index (χ1v) is 6.96. The highest BCUT2D eigenvalue weighted by atomic mass is 15.1. The maximum Gasteiger partial charge on any atom is 0.137 e. The molecular weight excluding hydrogens is 260 g/mol. The fourth-order valence-electron chi connectivity index (χ4n) is 2.41. The third-order valence-electron chi connectivity index (χ3n) is 3.29. The van der Waals surface area contributed by atoms with E-state index in [2.05, 4.69) is 47.3 Å². The van der Waals surface area contributed by atoms with Crippen LogP contribution in [0.25, 0.3) is 5.82 Å². The fraction of sp³-hybridized carbons (Fsp3) is 0.176. The SMILES string of the molecule is Cc1cc(C)cc(CNc2ccc(-n3ccnc3)nc2)c1. The Labute approximate surface area is 124 Å². The van der Waals surface area contributed by atoms with Crippen molar-refractivity contribution in [3.05, 3.63) is 71.9 Å². The molecule has 3 aromatic rings. The Morgan fingerprint density at radius 1 is 1.10 bits per heavy atom. The number of rotatable bonds is 4. The largest absolute Gasteiger partial charge is 0.380 e. The number of anilines is 1. The van der Waals surface area contributed by atoms with Crippen LogP contribution in [0, 0.1) is 13.8 Å². The Balaban J connectivity index is 1.68. The molecule has 0 spiro atoms. The van der Waals surface area contributed by atoms with Gasteiger partial charge in [0, 0.05) is 18.9 Å². The van der Waals surface area contributed by atoms with Crippen LogP contribution in [-0.4, -0.2) is 14.5 Å². The summed E-state index contributed by atoms with van der Waals surface area (Å²) in [4.78, 5) is 8.45. The predicted octanol–water partition coefficient (Wildman–Crippen LogP) is 3.50. The van der Waals surface area contributed by atoms with Crippen LogP contribution < -0.4 is 5.32 Å². The van der Waals surface area contributed by atoms with Crippen molar-refractivity contribution >= 4 is 5.69 Å². The minimum atomic E-state index is 0.800. The summed E-state index contributed by atoms with van der Waals surface area (Å²) in [7, 11) is 0. The summed E-state index contributed by atoms with van der Waals surface area (Å²) in [6.07, 6.45) is 7.21. The van der Waals surface area contributed by atoms with Crippen molar-refractivity contribution in [2.75, 3.05) is 5.32 Å². The lowest BCUT2D eigenvalue weighted by molar-refractivity contribution is 0.990. The normalized spacial score (nSPS) is 10.6. The maximum atomic E-state index is 4.43. The van der Waals surface area contributed by atoms with Crippen LogP contribution in [0.3, 0.4) is 0 Å². The van der Waals surface area contributed by atoms with Crippen molar-refractivity contribution in [3.63, 3.8) is 0 Å². The molecule has 0 radical (unpaired) electrons. The number of nitrogens with zero attached hydrogens (tertiary/aromatic N) is 3. The number of pyridine rings is 1. The average molecular weight is 278 g/mol. The summed E-state index contributed by atoms with van der Waals surface area (Å²) in [6, 6.07) is 10.6. The van der Waals surface area contributed by atoms with E-state index in [1.165, 1.54) is 16.7 Å². The zero-order valence-electron chi connectivity index (χ0n) is 12.2. The number of aryl methyl sites for hydroxylation is 2. The maximum absolute atomic E-state index is 4.43. The molecule has 0 amide bonds. The molecule has 3 rings (SSSR count). The first-order valence-electron chi connectivity index (χ1n) is 6.96. The third-order valence-corrected chi connectivity index (χ3v) is 3.29. The molecule has 0 aliphatic rings. The van der Waals surface area contributed by atoms with Gasteiger partial charge in [-0.15, -0.1) is 0 Å². The fourth-order valence-corrected chi connectivity index (χ4v) is 2.41. The molecule has 0 saturated heterocycles. The zero-order chi connectivity index (χ0) is 14.7. The molecule has 0 bridgehead atoms. The van der Waals surface area contributed by atoms with Gasteiger partial charge in [0.05, 0.1) is 11.9 Å². The van der Waals surface area contributed by atoms with Gasteiger partial charge in [-0.05, 0) is 31.5 Å². The molecule has 4 heteroatoms. The number of benzene rings is 1. The average Bonchev–Trinajstić information content (AvgIpc) is 2.99. The molecule has 2 aromatic heterocycles. The second kappa shape index (κ2) is 5.79. The Kier molecular flexibility index (Phi) is 3.69. The molecule has 0 fully saturated rings. The van der Waals surface area contributed by atoms with Crippen LogP contribution in [0.5, 0.6) is 0 Å². The minimum absolute atomic E-state index is 0.800. The van der Waals surface area contributed by atoms with E-state index >= 15 is 0 Å². The van der Waals surface area contributed by atoms with E-state index in [-0.39, 0.29) is 0 Å². The monoisotopic (exact) mass is 278 g/mol. The van der Waals surface area contributed by atoms with E-state index in [1.807, 2.05) is 29.1 Å². The molecule has 0 saturated carbocycles. The number of hydrogen-bond donors (Lipinski definition) is 1. The van der Waals surface area contributed by atoms with Crippen LogP contribution in [0.1, 0.15) is 16.7 Å². The molecule has 1 aromatic carbocycles. The first-order chi connectivity index (χ1) is 10.2. The van der Waals surface area contributed by atoms with Crippen LogP contribution in [0.2, 0.25) is 0 Å². The zero-order valence-corrected chi connectivity index (χ0v) is 12.2. The van der Waals surface area contributed by atoms with Crippen molar-refractivity contribution in [2.45, 2.75) is 20.4 Å². The Morgan fingerprint density at radius 3 is 2.52 bits per heavy atom. The first kappa shape index (κ1) is 13.4. The predicted molar refractivity (Wildman–Crippen MR) is 84.6 cm³/mol. The molecule has 0 aliphatic carbocycles. The van der Waals surface area contributed by atoms with E-state index in [0.29, 0.717) is 0 Å². The second-order valence-electron chi connectivity index (χ2n) is 5.22. The standard InChI is InChI=1S/C17H18N4/c1-13-7-14(2)9-15(8-13)10-19-16-3-4-17(20-11-16)21-6-5-18-12-21/h3-9,11-12,19H,10H2,1-2H3. The van der Waals surface area contributed by atoms with Gasteiger partial charge in [0.25, 0.3) is 0 Å². The Hall–Kier alpha value is -2.62. The lowest BCUT2D eigenvalue weighted by atomic mass is 10.1. The molecule has 0 unspecified atom stereocenters. The lowest BCUT2D eigenvalue weighted by Gasteiger charge is -2.09. The second-order valence-corrected chi connectivity index (χ2v) is 5.22. The molecule has 2 heterocycles. The Morgan fingerprint density at radius 2 is 1.90 bits per heavy atom. The topological polar surface area (TPSA) is 42.7 Å². The van der Waals surface area contributed by atoms with Crippen molar-refractivity contribution in [1.29, 1.82) is 0 Å². The molecule has 21 heavy (non-hydrogen) atoms. The van der Waals surface area contributed by atoms with E-state index < -0.39 is 0 Å². The molecule has 106 valence electrons. The van der Waals surface area contributed by atoms with Crippen LogP contribution in [0.4, 0.5) is 5.69 Å². The molecule has 0 aliphatic heterocycles. The highest BCUT2D eigenvalue weighted by molar-refractivity contribution is 5.44. The van der Waals surface area contributed by atoms with Crippen LogP contribution in [-0.2, 0) is 6.54 Å². The summed E-state index contributed by atoms with van der Waals surface area (Å²) in [5.41, 5.74) is 4.88. The highest BCUT2D eigenvalue weighted by Crippen LogP contribution is 2.13. The van der Waals surface area contributed by atoms with E-state index in [4.69, 9.17) is 0 Å². The van der Waals surface area contributed by atoms with Crippen molar-refractivity contribution in [3.8, 4) is 5.82 Å². The number of nitrogens with one attached hydrogen (secondary N) is 1. The smallest absolute Gasteiger partial charge is 0.137 e. The molecular formula is C17H18N4. The molecule has 4 nitrogen and oxygen atoms in total.